The number of phenolic OH excluding ortho intramolecular Hbond substituents is 1. The van der Waals surface area contributed by atoms with Gasteiger partial charge >= 0.3 is 0 Å². The molecular weight excluding hydrogens is 606 g/mol. The third-order valence-electron chi connectivity index (χ3n) is 8.43. The largest absolute Gasteiger partial charge is 0.504 e. The van der Waals surface area contributed by atoms with Gasteiger partial charge < -0.3 is 44.9 Å². The van der Waals surface area contributed by atoms with Gasteiger partial charge in [-0.05, 0) is 18.9 Å². The van der Waals surface area contributed by atoms with Gasteiger partial charge in [0.25, 0.3) is 5.56 Å². The summed E-state index contributed by atoms with van der Waals surface area (Å²) in [6.07, 6.45) is 2.22. The number of pyridine rings is 1. The van der Waals surface area contributed by atoms with Gasteiger partial charge in [0.15, 0.2) is 11.5 Å². The molecule has 0 aliphatic carbocycles. The highest BCUT2D eigenvalue weighted by Crippen LogP contribution is 2.51. The average molecular weight is 638 g/mol. The van der Waals surface area contributed by atoms with Gasteiger partial charge in [-0.2, -0.15) is 0 Å². The molecule has 0 spiro atoms. The molecule has 3 aromatic heterocycles. The number of aliphatic hydroxyl groups excluding tert-OH is 1. The Bertz CT molecular complexity index is 1910. The van der Waals surface area contributed by atoms with Gasteiger partial charge in [0, 0.05) is 48.5 Å². The van der Waals surface area contributed by atoms with Crippen molar-refractivity contribution in [2.24, 2.45) is 11.7 Å². The summed E-state index contributed by atoms with van der Waals surface area (Å²) < 4.78 is 20.0. The average Bonchev–Trinajstić information content (AvgIpc) is 3.73. The van der Waals surface area contributed by atoms with Gasteiger partial charge in [0.1, 0.15) is 30.1 Å². The number of nitrogens with zero attached hydrogens (tertiary/aromatic N) is 5. The van der Waals surface area contributed by atoms with E-state index in [1.54, 1.807) is 21.4 Å². The normalized spacial score (nSPS) is 19.6. The van der Waals surface area contributed by atoms with Crippen molar-refractivity contribution in [1.82, 2.24) is 19.1 Å². The van der Waals surface area contributed by atoms with Crippen molar-refractivity contribution in [3.8, 4) is 28.4 Å². The van der Waals surface area contributed by atoms with E-state index in [1.165, 1.54) is 12.3 Å². The van der Waals surface area contributed by atoms with Gasteiger partial charge in [-0.3, -0.25) is 14.2 Å². The van der Waals surface area contributed by atoms with E-state index in [-0.39, 0.29) is 64.1 Å². The number of phenols is 1. The number of morpholine rings is 1. The Balaban J connectivity index is 1.30. The third-order valence-corrected chi connectivity index (χ3v) is 8.73. The molecule has 45 heavy (non-hydrogen) atoms. The summed E-state index contributed by atoms with van der Waals surface area (Å²) in [6.45, 7) is 6.00. The SMILES string of the molecule is CC1Cc2nc3c(c(-c4cc(C(N)O)c(O)c5c4OCO5)cn3CC(=O)Nc3cc(N4CCOC[C@@H]4C)ncc3Cl)c(=O)n2C1. The van der Waals surface area contributed by atoms with Crippen molar-refractivity contribution in [3.63, 3.8) is 0 Å². The van der Waals surface area contributed by atoms with Crippen LogP contribution in [0.25, 0.3) is 22.2 Å². The Morgan fingerprint density at radius 1 is 1.24 bits per heavy atom. The molecule has 0 radical (unpaired) electrons. The van der Waals surface area contributed by atoms with Crippen LogP contribution in [0.15, 0.2) is 29.3 Å². The van der Waals surface area contributed by atoms with E-state index in [0.29, 0.717) is 66.8 Å². The minimum absolute atomic E-state index is 0.00575. The predicted molar refractivity (Wildman–Crippen MR) is 165 cm³/mol. The lowest BCUT2D eigenvalue weighted by Crippen LogP contribution is -2.44. The number of carbonyl (C=O) groups is 1. The van der Waals surface area contributed by atoms with Crippen LogP contribution in [-0.2, 0) is 29.0 Å². The molecule has 1 fully saturated rings. The molecule has 236 valence electrons. The summed E-state index contributed by atoms with van der Waals surface area (Å²) in [5.41, 5.74) is 6.92. The summed E-state index contributed by atoms with van der Waals surface area (Å²) >= 11 is 6.44. The van der Waals surface area contributed by atoms with E-state index in [4.69, 9.17) is 36.5 Å². The quantitative estimate of drug-likeness (QED) is 0.228. The van der Waals surface area contributed by atoms with E-state index in [1.807, 2.05) is 13.8 Å². The number of rotatable bonds is 6. The van der Waals surface area contributed by atoms with Crippen molar-refractivity contribution in [2.75, 3.05) is 36.8 Å². The number of carbonyl (C=O) groups excluding carboxylic acids is 1. The number of aliphatic hydroxyl groups is 1. The number of fused-ring (bicyclic) bond motifs is 3. The second kappa shape index (κ2) is 11.2. The number of nitrogens with two attached hydrogens (primary N) is 1. The number of ether oxygens (including phenoxy) is 3. The van der Waals surface area contributed by atoms with Gasteiger partial charge in [-0.15, -0.1) is 0 Å². The Labute approximate surface area is 261 Å². The van der Waals surface area contributed by atoms with Crippen LogP contribution in [0.1, 0.15) is 31.5 Å². The molecule has 1 amide bonds. The summed E-state index contributed by atoms with van der Waals surface area (Å²) in [7, 11) is 0. The number of amides is 1. The second-order valence-electron chi connectivity index (χ2n) is 11.7. The lowest BCUT2D eigenvalue weighted by atomic mass is 10.00. The van der Waals surface area contributed by atoms with E-state index >= 15 is 0 Å². The van der Waals surface area contributed by atoms with Gasteiger partial charge in [-0.25, -0.2) is 9.97 Å². The summed E-state index contributed by atoms with van der Waals surface area (Å²) in [5.74, 6) is 0.938. The Morgan fingerprint density at radius 3 is 2.82 bits per heavy atom. The molecule has 1 aromatic carbocycles. The first kappa shape index (κ1) is 29.3. The fourth-order valence-electron chi connectivity index (χ4n) is 6.26. The molecule has 3 atom stereocenters. The van der Waals surface area contributed by atoms with Crippen LogP contribution in [0.5, 0.6) is 17.2 Å². The predicted octanol–water partition coefficient (Wildman–Crippen LogP) is 2.35. The molecule has 5 N–H and O–H groups in total. The first-order valence-electron chi connectivity index (χ1n) is 14.6. The lowest BCUT2D eigenvalue weighted by molar-refractivity contribution is -0.116. The molecule has 0 bridgehead atoms. The summed E-state index contributed by atoms with van der Waals surface area (Å²) in [5, 5.41) is 24.3. The topological polar surface area (TPSA) is 179 Å². The van der Waals surface area contributed by atoms with Crippen LogP contribution in [0.2, 0.25) is 5.02 Å². The second-order valence-corrected chi connectivity index (χ2v) is 12.1. The van der Waals surface area contributed by atoms with Gasteiger partial charge in [-0.1, -0.05) is 18.5 Å². The first-order chi connectivity index (χ1) is 21.6. The molecule has 6 heterocycles. The number of halogens is 1. The number of aromatic nitrogens is 4. The van der Waals surface area contributed by atoms with E-state index in [9.17, 15) is 19.8 Å². The van der Waals surface area contributed by atoms with Crippen LogP contribution in [0.4, 0.5) is 11.5 Å². The first-order valence-corrected chi connectivity index (χ1v) is 15.0. The number of anilines is 2. The van der Waals surface area contributed by atoms with Gasteiger partial charge in [0.2, 0.25) is 18.4 Å². The molecule has 0 saturated carbocycles. The monoisotopic (exact) mass is 637 g/mol. The maximum Gasteiger partial charge on any atom is 0.263 e. The standard InChI is InChI=1S/C30H32ClN7O7/c1-14-5-22-35-29-24(30(42)38(22)9-14)18(16-6-17(28(32)41)25(40)27-26(16)44-13-45-27)10-36(29)11-23(39)34-20-7-21(33-8-19(20)31)37-3-4-43-12-15(37)2/h6-8,10,14-15,28,40-41H,3-5,9,11-13,32H2,1-2H3,(H,33,34,39)/t14?,15-,28?/m0/s1. The number of benzene rings is 1. The van der Waals surface area contributed by atoms with Crippen molar-refractivity contribution < 1.29 is 29.2 Å². The zero-order valence-corrected chi connectivity index (χ0v) is 25.4. The number of nitrogens with one attached hydrogen (secondary N) is 1. The van der Waals surface area contributed by atoms with Crippen molar-refractivity contribution in [1.29, 1.82) is 0 Å². The van der Waals surface area contributed by atoms with Crippen LogP contribution < -0.4 is 31.0 Å². The van der Waals surface area contributed by atoms with E-state index in [2.05, 4.69) is 15.2 Å². The van der Waals surface area contributed by atoms with Crippen molar-refractivity contribution in [2.45, 2.75) is 45.6 Å². The molecule has 1 saturated heterocycles. The van der Waals surface area contributed by atoms with Gasteiger partial charge in [0.05, 0.1) is 41.5 Å². The lowest BCUT2D eigenvalue weighted by Gasteiger charge is -2.34. The Morgan fingerprint density at radius 2 is 2.04 bits per heavy atom. The van der Waals surface area contributed by atoms with Crippen LogP contribution in [-0.4, -0.2) is 67.8 Å². The third kappa shape index (κ3) is 5.03. The molecule has 3 aliphatic rings. The summed E-state index contributed by atoms with van der Waals surface area (Å²) in [4.78, 5) is 38.9. The number of hydrogen-bond acceptors (Lipinski definition) is 11. The molecule has 7 rings (SSSR count). The highest BCUT2D eigenvalue weighted by molar-refractivity contribution is 6.33. The molecule has 15 heteroatoms. The number of hydrogen-bond donors (Lipinski definition) is 4. The molecular formula is C30H32ClN7O7. The molecule has 3 aliphatic heterocycles. The number of aromatic hydroxyl groups is 1. The highest BCUT2D eigenvalue weighted by Gasteiger charge is 2.32. The molecule has 14 nitrogen and oxygen atoms in total. The van der Waals surface area contributed by atoms with Crippen LogP contribution in [0, 0.1) is 5.92 Å². The zero-order chi connectivity index (χ0) is 31.6. The summed E-state index contributed by atoms with van der Waals surface area (Å²) in [6, 6.07) is 3.29. The molecule has 4 aromatic rings. The molecule has 2 unspecified atom stereocenters. The van der Waals surface area contributed by atoms with Crippen molar-refractivity contribution >= 4 is 40.0 Å². The smallest absolute Gasteiger partial charge is 0.263 e. The maximum absolute atomic E-state index is 14.0. The minimum Gasteiger partial charge on any atom is -0.504 e. The zero-order valence-electron chi connectivity index (χ0n) is 24.6. The van der Waals surface area contributed by atoms with E-state index < -0.39 is 12.1 Å². The maximum atomic E-state index is 14.0. The van der Waals surface area contributed by atoms with Crippen molar-refractivity contribution in [3.05, 3.63) is 51.3 Å². The Kier molecular flexibility index (Phi) is 7.31. The van der Waals surface area contributed by atoms with Crippen LogP contribution in [0.3, 0.4) is 0 Å². The highest BCUT2D eigenvalue weighted by atomic mass is 35.5. The fraction of sp³-hybridized carbons (Fsp3) is 0.400. The van der Waals surface area contributed by atoms with E-state index in [0.717, 1.165) is 0 Å². The minimum atomic E-state index is -1.53. The van der Waals surface area contributed by atoms with Crippen LogP contribution >= 0.6 is 11.6 Å². The fourth-order valence-corrected chi connectivity index (χ4v) is 6.41. The Hall–Kier alpha value is -4.37.